The van der Waals surface area contributed by atoms with E-state index in [0.29, 0.717) is 12.4 Å². The number of rotatable bonds is 4. The minimum Gasteiger partial charge on any atom is -0.383 e. The highest BCUT2D eigenvalue weighted by Gasteiger charge is 2.20. The number of aromatic nitrogens is 4. The van der Waals surface area contributed by atoms with E-state index in [0.717, 1.165) is 34.6 Å². The third-order valence-electron chi connectivity index (χ3n) is 4.28. The first-order chi connectivity index (χ1) is 11.2. The molecule has 1 unspecified atom stereocenters. The van der Waals surface area contributed by atoms with E-state index in [2.05, 4.69) is 26.8 Å². The Kier molecular flexibility index (Phi) is 3.96. The van der Waals surface area contributed by atoms with Gasteiger partial charge in [0.15, 0.2) is 0 Å². The zero-order chi connectivity index (χ0) is 15.8. The van der Waals surface area contributed by atoms with Gasteiger partial charge in [0.05, 0.1) is 17.6 Å². The van der Waals surface area contributed by atoms with Crippen LogP contribution in [-0.4, -0.2) is 19.6 Å². The molecule has 1 aliphatic rings. The lowest BCUT2D eigenvalue weighted by molar-refractivity contribution is 0.548. The van der Waals surface area contributed by atoms with E-state index in [1.54, 1.807) is 11.3 Å². The largest absolute Gasteiger partial charge is 0.383 e. The Morgan fingerprint density at radius 3 is 3.00 bits per heavy atom. The Balaban J connectivity index is 1.59. The molecular weight excluding hydrogens is 328 g/mol. The van der Waals surface area contributed by atoms with Crippen LogP contribution in [-0.2, 0) is 19.4 Å². The van der Waals surface area contributed by atoms with E-state index < -0.39 is 0 Å². The second-order valence-electron chi connectivity index (χ2n) is 5.85. The highest BCUT2D eigenvalue weighted by molar-refractivity contribution is 7.19. The number of fused-ring (bicyclic) bond motifs is 3. The number of nitrogen functional groups attached to an aromatic ring is 1. The summed E-state index contributed by atoms with van der Waals surface area (Å²) in [5.74, 6) is 1.36. The molecule has 3 N–H and O–H groups in total. The minimum atomic E-state index is 0.116. The molecule has 0 bridgehead atoms. The number of nitrogens with zero attached hydrogens (tertiary/aromatic N) is 4. The van der Waals surface area contributed by atoms with Crippen molar-refractivity contribution >= 4 is 38.9 Å². The number of thiophene rings is 1. The molecule has 0 aromatic carbocycles. The van der Waals surface area contributed by atoms with Gasteiger partial charge < -0.3 is 11.1 Å². The van der Waals surface area contributed by atoms with Gasteiger partial charge in [-0.3, -0.25) is 0 Å². The first kappa shape index (κ1) is 14.9. The van der Waals surface area contributed by atoms with Crippen LogP contribution in [0.4, 0.5) is 5.82 Å². The van der Waals surface area contributed by atoms with Gasteiger partial charge in [-0.1, -0.05) is 4.49 Å². The number of anilines is 1. The van der Waals surface area contributed by atoms with Crippen LogP contribution in [0.25, 0.3) is 10.2 Å². The second-order valence-corrected chi connectivity index (χ2v) is 7.54. The predicted octanol–water partition coefficient (Wildman–Crippen LogP) is 2.85. The molecule has 4 rings (SSSR count). The van der Waals surface area contributed by atoms with E-state index in [-0.39, 0.29) is 6.04 Å². The Morgan fingerprint density at radius 2 is 2.17 bits per heavy atom. The third-order valence-corrected chi connectivity index (χ3v) is 5.98. The molecule has 3 heterocycles. The Morgan fingerprint density at radius 1 is 1.30 bits per heavy atom. The van der Waals surface area contributed by atoms with Gasteiger partial charge in [0.2, 0.25) is 0 Å². The molecule has 0 saturated carbocycles. The number of nitrogens with one attached hydrogen (secondary N) is 1. The quantitative estimate of drug-likeness (QED) is 0.755. The van der Waals surface area contributed by atoms with E-state index in [1.165, 1.54) is 34.8 Å². The monoisotopic (exact) mass is 346 g/mol. The number of hydrogen-bond acceptors (Lipinski definition) is 8. The van der Waals surface area contributed by atoms with Gasteiger partial charge in [0.25, 0.3) is 0 Å². The number of nitrogens with two attached hydrogens (primary N) is 1. The van der Waals surface area contributed by atoms with E-state index in [4.69, 9.17) is 10.7 Å². The zero-order valence-electron chi connectivity index (χ0n) is 12.9. The number of aryl methyl sites for hydroxylation is 2. The maximum atomic E-state index is 6.23. The van der Waals surface area contributed by atoms with Crippen molar-refractivity contribution in [3.8, 4) is 0 Å². The zero-order valence-corrected chi connectivity index (χ0v) is 14.5. The average molecular weight is 346 g/mol. The van der Waals surface area contributed by atoms with Crippen molar-refractivity contribution in [3.63, 3.8) is 0 Å². The first-order valence-corrected chi connectivity index (χ1v) is 9.44. The Labute approximate surface area is 142 Å². The van der Waals surface area contributed by atoms with Gasteiger partial charge >= 0.3 is 0 Å². The molecule has 120 valence electrons. The summed E-state index contributed by atoms with van der Waals surface area (Å²) in [6.45, 7) is 2.63. The fourth-order valence-corrected chi connectivity index (χ4v) is 4.86. The highest BCUT2D eigenvalue weighted by atomic mass is 32.1. The van der Waals surface area contributed by atoms with Crippen LogP contribution in [0.15, 0.2) is 5.38 Å². The molecule has 0 spiro atoms. The summed E-state index contributed by atoms with van der Waals surface area (Å²) in [6, 6.07) is 0.116. The van der Waals surface area contributed by atoms with Crippen molar-refractivity contribution < 1.29 is 0 Å². The molecule has 3 aromatic heterocycles. The fraction of sp³-hybridized carbons (Fsp3) is 0.467. The van der Waals surface area contributed by atoms with Crippen molar-refractivity contribution in [2.45, 2.75) is 45.2 Å². The molecule has 6 nitrogen and oxygen atoms in total. The van der Waals surface area contributed by atoms with Gasteiger partial charge in [0.1, 0.15) is 16.5 Å². The summed E-state index contributed by atoms with van der Waals surface area (Å²) >= 11 is 3.14. The van der Waals surface area contributed by atoms with Crippen molar-refractivity contribution in [1.82, 2.24) is 24.9 Å². The molecule has 0 fully saturated rings. The summed E-state index contributed by atoms with van der Waals surface area (Å²) < 4.78 is 3.89. The third kappa shape index (κ3) is 2.82. The molecule has 0 aliphatic heterocycles. The minimum absolute atomic E-state index is 0.116. The molecule has 1 aliphatic carbocycles. The SMILES string of the molecule is CC(NCc1nc(N)c2c3c(sc2n1)CCCC3)c1csnn1. The molecule has 1 atom stereocenters. The van der Waals surface area contributed by atoms with E-state index >= 15 is 0 Å². The topological polar surface area (TPSA) is 89.6 Å². The summed E-state index contributed by atoms with van der Waals surface area (Å²) in [7, 11) is 0. The van der Waals surface area contributed by atoms with Crippen LogP contribution in [0.2, 0.25) is 0 Å². The Bertz CT molecular complexity index is 826. The van der Waals surface area contributed by atoms with Gasteiger partial charge in [0, 0.05) is 16.3 Å². The second kappa shape index (κ2) is 6.10. The lowest BCUT2D eigenvalue weighted by atomic mass is 9.97. The van der Waals surface area contributed by atoms with Crippen molar-refractivity contribution in [1.29, 1.82) is 0 Å². The fourth-order valence-electron chi connectivity index (χ4n) is 3.02. The van der Waals surface area contributed by atoms with E-state index in [1.807, 2.05) is 5.38 Å². The van der Waals surface area contributed by atoms with Crippen LogP contribution in [0.5, 0.6) is 0 Å². The first-order valence-electron chi connectivity index (χ1n) is 7.79. The lowest BCUT2D eigenvalue weighted by Crippen LogP contribution is -2.20. The summed E-state index contributed by atoms with van der Waals surface area (Å²) in [4.78, 5) is 11.7. The lowest BCUT2D eigenvalue weighted by Gasteiger charge is -2.12. The van der Waals surface area contributed by atoms with Crippen molar-refractivity contribution in [3.05, 3.63) is 27.3 Å². The molecule has 8 heteroatoms. The molecule has 3 aromatic rings. The standard InChI is InChI=1S/C15H18N6S2/c1-8(10-7-22-21-20-10)17-6-12-18-14(16)13-9-4-2-3-5-11(9)23-15(13)19-12/h7-8,17H,2-6H2,1H3,(H2,16,18,19). The van der Waals surface area contributed by atoms with Crippen LogP contribution in [0.3, 0.4) is 0 Å². The number of hydrogen-bond donors (Lipinski definition) is 2. The van der Waals surface area contributed by atoms with Crippen molar-refractivity contribution in [2.24, 2.45) is 0 Å². The average Bonchev–Trinajstić information content (AvgIpc) is 3.19. The van der Waals surface area contributed by atoms with Gasteiger partial charge in [-0.25, -0.2) is 9.97 Å². The van der Waals surface area contributed by atoms with Crippen LogP contribution >= 0.6 is 22.9 Å². The smallest absolute Gasteiger partial charge is 0.146 e. The van der Waals surface area contributed by atoms with Crippen LogP contribution in [0, 0.1) is 0 Å². The maximum absolute atomic E-state index is 6.23. The highest BCUT2D eigenvalue weighted by Crippen LogP contribution is 2.37. The summed E-state index contributed by atoms with van der Waals surface area (Å²) in [5.41, 5.74) is 8.56. The van der Waals surface area contributed by atoms with Crippen molar-refractivity contribution in [2.75, 3.05) is 5.73 Å². The van der Waals surface area contributed by atoms with Crippen LogP contribution in [0.1, 0.15) is 47.8 Å². The molecule has 0 saturated heterocycles. The van der Waals surface area contributed by atoms with Gasteiger partial charge in [-0.15, -0.1) is 16.4 Å². The molecule has 23 heavy (non-hydrogen) atoms. The van der Waals surface area contributed by atoms with E-state index in [9.17, 15) is 0 Å². The predicted molar refractivity (Wildman–Crippen MR) is 93.6 cm³/mol. The summed E-state index contributed by atoms with van der Waals surface area (Å²) in [6.07, 6.45) is 4.76. The maximum Gasteiger partial charge on any atom is 0.146 e. The Hall–Kier alpha value is -1.64. The molecule has 0 radical (unpaired) electrons. The van der Waals surface area contributed by atoms with Gasteiger partial charge in [-0.2, -0.15) is 0 Å². The molecule has 0 amide bonds. The normalized spacial score (nSPS) is 15.7. The van der Waals surface area contributed by atoms with Gasteiger partial charge in [-0.05, 0) is 49.7 Å². The van der Waals surface area contributed by atoms with Crippen LogP contribution < -0.4 is 11.1 Å². The summed E-state index contributed by atoms with van der Waals surface area (Å²) in [5, 5.41) is 10.5. The molecular formula is C15H18N6S2.